The highest BCUT2D eigenvalue weighted by molar-refractivity contribution is 5.89. The Morgan fingerprint density at radius 3 is 2.37 bits per heavy atom. The van der Waals surface area contributed by atoms with Gasteiger partial charge in [-0.25, -0.2) is 0 Å². The Morgan fingerprint density at radius 1 is 1.06 bits per heavy atom. The van der Waals surface area contributed by atoms with E-state index < -0.39 is 6.04 Å². The number of benzene rings is 3. The Labute approximate surface area is 206 Å². The molecule has 4 N–H and O–H groups in total. The van der Waals surface area contributed by atoms with Crippen LogP contribution in [0.2, 0.25) is 0 Å². The van der Waals surface area contributed by atoms with Crippen LogP contribution in [0.1, 0.15) is 33.4 Å². The Morgan fingerprint density at radius 2 is 1.69 bits per heavy atom. The monoisotopic (exact) mass is 471 g/mol. The summed E-state index contributed by atoms with van der Waals surface area (Å²) in [6.07, 6.45) is 1.27. The van der Waals surface area contributed by atoms with Crippen LogP contribution in [0.3, 0.4) is 0 Å². The highest BCUT2D eigenvalue weighted by Crippen LogP contribution is 2.23. The van der Waals surface area contributed by atoms with Gasteiger partial charge < -0.3 is 21.1 Å². The van der Waals surface area contributed by atoms with Gasteiger partial charge in [0.2, 0.25) is 11.8 Å². The third-order valence-electron chi connectivity index (χ3n) is 6.66. The SMILES string of the molecule is Cc1cc(O)cc(C)c1C[C@@H](N)CN1Cc2ccccc2C[C@H](NC(=O)Cc2ccccc2)C1=O. The van der Waals surface area contributed by atoms with E-state index in [9.17, 15) is 14.7 Å². The standard InChI is InChI=1S/C29H33N3O3/c1-19-12-25(33)13-20(2)26(19)16-24(30)18-32-17-23-11-7-6-10-22(23)15-27(29(32)35)31-28(34)14-21-8-4-3-5-9-21/h3-13,24,27,33H,14-18,30H2,1-2H3,(H,31,34)/t24-,27+/m1/s1. The van der Waals surface area contributed by atoms with Crippen molar-refractivity contribution < 1.29 is 14.7 Å². The predicted molar refractivity (Wildman–Crippen MR) is 137 cm³/mol. The number of fused-ring (bicyclic) bond motifs is 1. The average Bonchev–Trinajstić information content (AvgIpc) is 2.93. The molecular formula is C29H33N3O3. The summed E-state index contributed by atoms with van der Waals surface area (Å²) in [5.41, 5.74) is 12.6. The smallest absolute Gasteiger partial charge is 0.245 e. The number of carbonyl (C=O) groups excluding carboxylic acids is 2. The predicted octanol–water partition coefficient (Wildman–Crippen LogP) is 3.19. The molecule has 0 radical (unpaired) electrons. The van der Waals surface area contributed by atoms with E-state index in [-0.39, 0.29) is 30.0 Å². The van der Waals surface area contributed by atoms with Gasteiger partial charge in [0.25, 0.3) is 0 Å². The highest BCUT2D eigenvalue weighted by atomic mass is 16.3. The minimum absolute atomic E-state index is 0.114. The number of nitrogens with zero attached hydrogens (tertiary/aromatic N) is 1. The van der Waals surface area contributed by atoms with Gasteiger partial charge in [0.05, 0.1) is 6.42 Å². The number of rotatable bonds is 7. The second kappa shape index (κ2) is 10.7. The minimum atomic E-state index is -0.640. The molecule has 1 aliphatic rings. The van der Waals surface area contributed by atoms with E-state index in [1.165, 1.54) is 0 Å². The molecule has 1 heterocycles. The first-order chi connectivity index (χ1) is 16.8. The van der Waals surface area contributed by atoms with Gasteiger partial charge in [-0.2, -0.15) is 0 Å². The molecule has 0 fully saturated rings. The lowest BCUT2D eigenvalue weighted by molar-refractivity contribution is -0.136. The molecule has 1 aliphatic heterocycles. The zero-order chi connectivity index (χ0) is 24.9. The van der Waals surface area contributed by atoms with Crippen LogP contribution < -0.4 is 11.1 Å². The van der Waals surface area contributed by atoms with Gasteiger partial charge in [-0.1, -0.05) is 54.6 Å². The van der Waals surface area contributed by atoms with Crippen LogP contribution in [0.15, 0.2) is 66.7 Å². The number of nitrogens with two attached hydrogens (primary N) is 1. The largest absolute Gasteiger partial charge is 0.508 e. The van der Waals surface area contributed by atoms with E-state index in [4.69, 9.17) is 5.73 Å². The molecule has 35 heavy (non-hydrogen) atoms. The molecule has 6 nitrogen and oxygen atoms in total. The van der Waals surface area contributed by atoms with Gasteiger partial charge in [0.15, 0.2) is 0 Å². The number of hydrogen-bond donors (Lipinski definition) is 3. The quantitative estimate of drug-likeness (QED) is 0.493. The molecule has 3 aromatic rings. The summed E-state index contributed by atoms with van der Waals surface area (Å²) < 4.78 is 0. The lowest BCUT2D eigenvalue weighted by atomic mass is 9.96. The average molecular weight is 472 g/mol. The van der Waals surface area contributed by atoms with Crippen molar-refractivity contribution in [1.29, 1.82) is 0 Å². The molecule has 0 spiro atoms. The summed E-state index contributed by atoms with van der Waals surface area (Å²) in [4.78, 5) is 28.2. The van der Waals surface area contributed by atoms with Crippen LogP contribution in [-0.2, 0) is 35.4 Å². The number of carbonyl (C=O) groups is 2. The third-order valence-corrected chi connectivity index (χ3v) is 6.66. The molecule has 0 unspecified atom stereocenters. The fourth-order valence-corrected chi connectivity index (χ4v) is 4.92. The van der Waals surface area contributed by atoms with E-state index in [0.29, 0.717) is 25.9 Å². The molecular weight excluding hydrogens is 438 g/mol. The van der Waals surface area contributed by atoms with E-state index in [2.05, 4.69) is 5.32 Å². The van der Waals surface area contributed by atoms with Gasteiger partial charge >= 0.3 is 0 Å². The van der Waals surface area contributed by atoms with Crippen LogP contribution in [-0.4, -0.2) is 40.4 Å². The van der Waals surface area contributed by atoms with E-state index in [0.717, 1.165) is 33.4 Å². The van der Waals surface area contributed by atoms with Crippen molar-refractivity contribution in [2.24, 2.45) is 5.73 Å². The second-order valence-electron chi connectivity index (χ2n) is 9.50. The molecule has 0 bridgehead atoms. The van der Waals surface area contributed by atoms with E-state index in [1.807, 2.05) is 68.4 Å². The van der Waals surface area contributed by atoms with Crippen molar-refractivity contribution in [2.45, 2.75) is 51.7 Å². The Kier molecular flexibility index (Phi) is 7.51. The first-order valence-electron chi connectivity index (χ1n) is 12.0. The van der Waals surface area contributed by atoms with Gasteiger partial charge in [-0.05, 0) is 65.8 Å². The molecule has 2 amide bonds. The molecule has 182 valence electrons. The zero-order valence-electron chi connectivity index (χ0n) is 20.3. The number of nitrogens with one attached hydrogen (secondary N) is 1. The number of aromatic hydroxyl groups is 1. The Bertz CT molecular complexity index is 1190. The summed E-state index contributed by atoms with van der Waals surface area (Å²) in [7, 11) is 0. The van der Waals surface area contributed by atoms with Crippen molar-refractivity contribution in [1.82, 2.24) is 10.2 Å². The Hall–Kier alpha value is -3.64. The first-order valence-corrected chi connectivity index (χ1v) is 12.0. The van der Waals surface area contributed by atoms with Crippen LogP contribution >= 0.6 is 0 Å². The zero-order valence-corrected chi connectivity index (χ0v) is 20.3. The molecule has 0 saturated heterocycles. The molecule has 0 saturated carbocycles. The summed E-state index contributed by atoms with van der Waals surface area (Å²) in [5, 5.41) is 12.8. The Balaban J connectivity index is 1.51. The fourth-order valence-electron chi connectivity index (χ4n) is 4.92. The maximum absolute atomic E-state index is 13.6. The maximum Gasteiger partial charge on any atom is 0.245 e. The number of amides is 2. The van der Waals surface area contributed by atoms with Gasteiger partial charge in [0.1, 0.15) is 11.8 Å². The summed E-state index contributed by atoms with van der Waals surface area (Å²) in [6, 6.07) is 20.1. The van der Waals surface area contributed by atoms with E-state index in [1.54, 1.807) is 17.0 Å². The van der Waals surface area contributed by atoms with Crippen molar-refractivity contribution in [3.63, 3.8) is 0 Å². The number of phenols is 1. The van der Waals surface area contributed by atoms with Crippen LogP contribution in [0.4, 0.5) is 0 Å². The first kappa shape index (κ1) is 24.5. The van der Waals surface area contributed by atoms with Gasteiger partial charge in [-0.15, -0.1) is 0 Å². The van der Waals surface area contributed by atoms with Crippen LogP contribution in [0.25, 0.3) is 0 Å². The molecule has 2 atom stereocenters. The molecule has 0 aromatic heterocycles. The number of aryl methyl sites for hydroxylation is 2. The van der Waals surface area contributed by atoms with Crippen molar-refractivity contribution >= 4 is 11.8 Å². The van der Waals surface area contributed by atoms with E-state index >= 15 is 0 Å². The molecule has 0 aliphatic carbocycles. The van der Waals surface area contributed by atoms with Gasteiger partial charge in [-0.3, -0.25) is 9.59 Å². The van der Waals surface area contributed by atoms with Crippen LogP contribution in [0.5, 0.6) is 5.75 Å². The fraction of sp³-hybridized carbons (Fsp3) is 0.310. The number of phenolic OH excluding ortho intramolecular Hbond substituents is 1. The minimum Gasteiger partial charge on any atom is -0.508 e. The maximum atomic E-state index is 13.6. The normalized spacial score (nSPS) is 16.4. The molecule has 3 aromatic carbocycles. The molecule has 6 heteroatoms. The summed E-state index contributed by atoms with van der Waals surface area (Å²) >= 11 is 0. The van der Waals surface area contributed by atoms with Crippen LogP contribution in [0, 0.1) is 13.8 Å². The topological polar surface area (TPSA) is 95.7 Å². The van der Waals surface area contributed by atoms with Crippen molar-refractivity contribution in [2.75, 3.05) is 6.54 Å². The lowest BCUT2D eigenvalue weighted by Crippen LogP contribution is -2.51. The second-order valence-corrected chi connectivity index (χ2v) is 9.50. The van der Waals surface area contributed by atoms with Gasteiger partial charge in [0, 0.05) is 25.6 Å². The third kappa shape index (κ3) is 6.08. The van der Waals surface area contributed by atoms with Crippen molar-refractivity contribution in [3.05, 3.63) is 100 Å². The van der Waals surface area contributed by atoms with Crippen molar-refractivity contribution in [3.8, 4) is 5.75 Å². The summed E-state index contributed by atoms with van der Waals surface area (Å²) in [6.45, 7) is 4.75. The lowest BCUT2D eigenvalue weighted by Gasteiger charge is -2.28. The number of hydrogen-bond acceptors (Lipinski definition) is 4. The molecule has 4 rings (SSSR count). The summed E-state index contributed by atoms with van der Waals surface area (Å²) in [5.74, 6) is -0.0450. The highest BCUT2D eigenvalue weighted by Gasteiger charge is 2.31.